The maximum Gasteiger partial charge on any atom is 0.331 e. The molecule has 5 rings (SSSR count). The van der Waals surface area contributed by atoms with Crippen LogP contribution in [0, 0.1) is 0 Å². The molecule has 2 aromatic rings. The standard InChI is InChI=1S/C36H48O20/c1-15-25(43)28(46)33(56-35-29(47)27(45)26(44)22(13-37)52-35)36(51-15)55-32-30(48)34(50-10-9-17-3-6-18(39)20(41)11-17)53-23(14-38)31(32)54-24(42)8-5-16-4-7-19(40)21(12-16)49-2/h3-8,11-12,15,22-23,25-41,43-48H,9-10,13-14H2,1-2H3. The highest BCUT2D eigenvalue weighted by molar-refractivity contribution is 5.87. The number of phenolic OH excluding ortho intramolecular Hbond substituents is 3. The molecule has 0 saturated carbocycles. The van der Waals surface area contributed by atoms with Crippen molar-refractivity contribution in [3.05, 3.63) is 53.6 Å². The number of benzene rings is 2. The molecule has 3 fully saturated rings. The van der Waals surface area contributed by atoms with E-state index >= 15 is 0 Å². The first-order chi connectivity index (χ1) is 26.7. The van der Waals surface area contributed by atoms with E-state index in [0.717, 1.165) is 6.08 Å². The van der Waals surface area contributed by atoms with Crippen molar-refractivity contribution in [3.8, 4) is 23.0 Å². The topological polar surface area (TPSA) is 313 Å². The Hall–Kier alpha value is -3.71. The largest absolute Gasteiger partial charge is 0.504 e. The smallest absolute Gasteiger partial charge is 0.331 e. The average Bonchev–Trinajstić information content (AvgIpc) is 3.18. The highest BCUT2D eigenvalue weighted by Crippen LogP contribution is 2.35. The Morgan fingerprint density at radius 1 is 0.696 bits per heavy atom. The van der Waals surface area contributed by atoms with Crippen LogP contribution in [0.25, 0.3) is 6.08 Å². The Morgan fingerprint density at radius 2 is 1.38 bits per heavy atom. The second-order valence-electron chi connectivity index (χ2n) is 13.4. The molecule has 56 heavy (non-hydrogen) atoms. The minimum absolute atomic E-state index is 0.126. The van der Waals surface area contributed by atoms with Crippen molar-refractivity contribution >= 4 is 12.0 Å². The molecule has 15 atom stereocenters. The third-order valence-corrected chi connectivity index (χ3v) is 9.59. The van der Waals surface area contributed by atoms with Gasteiger partial charge in [0.1, 0.15) is 61.0 Å². The molecule has 2 aromatic carbocycles. The summed E-state index contributed by atoms with van der Waals surface area (Å²) in [5.74, 6) is -1.74. The molecule has 3 heterocycles. The van der Waals surface area contributed by atoms with Gasteiger partial charge in [0, 0.05) is 6.08 Å². The lowest BCUT2D eigenvalue weighted by atomic mass is 9.96. The zero-order valence-corrected chi connectivity index (χ0v) is 30.2. The summed E-state index contributed by atoms with van der Waals surface area (Å²) in [5.41, 5.74) is 0.955. The van der Waals surface area contributed by atoms with Crippen molar-refractivity contribution < 1.29 is 98.9 Å². The number of hydrogen-bond donors (Lipinski definition) is 11. The predicted molar refractivity (Wildman–Crippen MR) is 185 cm³/mol. The van der Waals surface area contributed by atoms with Gasteiger partial charge >= 0.3 is 5.97 Å². The summed E-state index contributed by atoms with van der Waals surface area (Å²) in [4.78, 5) is 13.2. The highest BCUT2D eigenvalue weighted by atomic mass is 16.8. The van der Waals surface area contributed by atoms with E-state index in [2.05, 4.69) is 0 Å². The van der Waals surface area contributed by atoms with Gasteiger partial charge in [0.2, 0.25) is 0 Å². The fraction of sp³-hybridized carbons (Fsp3) is 0.583. The molecular formula is C36H48O20. The predicted octanol–water partition coefficient (Wildman–Crippen LogP) is -2.89. The van der Waals surface area contributed by atoms with Crippen LogP contribution in [0.2, 0.25) is 0 Å². The van der Waals surface area contributed by atoms with Crippen LogP contribution >= 0.6 is 0 Å². The van der Waals surface area contributed by atoms with Gasteiger partial charge in [0.05, 0.1) is 33.0 Å². The third-order valence-electron chi connectivity index (χ3n) is 9.59. The van der Waals surface area contributed by atoms with E-state index in [1.807, 2.05) is 0 Å². The van der Waals surface area contributed by atoms with Crippen LogP contribution in [0.1, 0.15) is 18.1 Å². The number of aliphatic hydroxyl groups excluding tert-OH is 8. The molecule has 0 bridgehead atoms. The van der Waals surface area contributed by atoms with Crippen molar-refractivity contribution in [2.75, 3.05) is 26.9 Å². The molecule has 0 radical (unpaired) electrons. The van der Waals surface area contributed by atoms with E-state index in [0.29, 0.717) is 11.1 Å². The molecule has 0 aliphatic carbocycles. The number of aromatic hydroxyl groups is 3. The molecule has 11 N–H and O–H groups in total. The summed E-state index contributed by atoms with van der Waals surface area (Å²) in [6.45, 7) is -0.394. The van der Waals surface area contributed by atoms with Crippen LogP contribution in [-0.4, -0.2) is 181 Å². The van der Waals surface area contributed by atoms with Gasteiger partial charge in [0.15, 0.2) is 48.0 Å². The van der Waals surface area contributed by atoms with Gasteiger partial charge in [0.25, 0.3) is 0 Å². The van der Waals surface area contributed by atoms with Crippen LogP contribution < -0.4 is 4.74 Å². The van der Waals surface area contributed by atoms with E-state index < -0.39 is 111 Å². The molecule has 312 valence electrons. The van der Waals surface area contributed by atoms with Crippen LogP contribution in [0.5, 0.6) is 23.0 Å². The SMILES string of the molecule is COc1cc(C=CC(=O)OC2C(CO)OC(OCCc3ccc(O)c(O)c3)C(O)C2OC2OC(C)C(O)C(O)C2OC2OC(CO)C(O)C(O)C2O)ccc1O. The van der Waals surface area contributed by atoms with Gasteiger partial charge in [-0.15, -0.1) is 0 Å². The first kappa shape index (κ1) is 43.4. The monoisotopic (exact) mass is 800 g/mol. The highest BCUT2D eigenvalue weighted by Gasteiger charge is 2.54. The molecule has 3 aliphatic rings. The van der Waals surface area contributed by atoms with Crippen LogP contribution in [0.4, 0.5) is 0 Å². The number of phenols is 3. The lowest BCUT2D eigenvalue weighted by Crippen LogP contribution is -2.66. The molecular weight excluding hydrogens is 752 g/mol. The zero-order chi connectivity index (χ0) is 40.8. The van der Waals surface area contributed by atoms with Crippen LogP contribution in [-0.2, 0) is 44.4 Å². The van der Waals surface area contributed by atoms with Gasteiger partial charge in [-0.3, -0.25) is 0 Å². The Balaban J connectivity index is 1.41. The maximum atomic E-state index is 13.2. The van der Waals surface area contributed by atoms with Gasteiger partial charge in [-0.2, -0.15) is 0 Å². The number of ether oxygens (including phenoxy) is 8. The Labute approximate surface area is 319 Å². The van der Waals surface area contributed by atoms with Crippen molar-refractivity contribution in [2.45, 2.75) is 105 Å². The van der Waals surface area contributed by atoms with E-state index in [4.69, 9.17) is 37.9 Å². The summed E-state index contributed by atoms with van der Waals surface area (Å²) in [5, 5.41) is 114. The molecule has 0 spiro atoms. The number of methoxy groups -OCH3 is 1. The summed E-state index contributed by atoms with van der Waals surface area (Å²) in [6.07, 6.45) is -22.7. The van der Waals surface area contributed by atoms with Crippen LogP contribution in [0.15, 0.2) is 42.5 Å². The van der Waals surface area contributed by atoms with Crippen molar-refractivity contribution in [3.63, 3.8) is 0 Å². The summed E-state index contributed by atoms with van der Waals surface area (Å²) in [6, 6.07) is 8.35. The molecule has 3 aliphatic heterocycles. The Bertz CT molecular complexity index is 1620. The number of carbonyl (C=O) groups excluding carboxylic acids is 1. The molecule has 3 saturated heterocycles. The van der Waals surface area contributed by atoms with Gasteiger partial charge < -0.3 is 94.1 Å². The maximum absolute atomic E-state index is 13.2. The van der Waals surface area contributed by atoms with Gasteiger partial charge in [-0.05, 0) is 54.8 Å². The molecule has 0 aromatic heterocycles. The number of esters is 1. The van der Waals surface area contributed by atoms with E-state index in [-0.39, 0.29) is 36.0 Å². The van der Waals surface area contributed by atoms with Gasteiger partial charge in [-0.1, -0.05) is 12.1 Å². The van der Waals surface area contributed by atoms with Crippen molar-refractivity contribution in [2.24, 2.45) is 0 Å². The zero-order valence-electron chi connectivity index (χ0n) is 30.2. The first-order valence-corrected chi connectivity index (χ1v) is 17.6. The second-order valence-corrected chi connectivity index (χ2v) is 13.4. The minimum Gasteiger partial charge on any atom is -0.504 e. The van der Waals surface area contributed by atoms with E-state index in [9.17, 15) is 61.0 Å². The third kappa shape index (κ3) is 9.86. The minimum atomic E-state index is -1.94. The summed E-state index contributed by atoms with van der Waals surface area (Å²) >= 11 is 0. The number of aliphatic hydroxyl groups is 8. The number of hydrogen-bond acceptors (Lipinski definition) is 20. The van der Waals surface area contributed by atoms with E-state index in [1.54, 1.807) is 0 Å². The molecule has 15 unspecified atom stereocenters. The fourth-order valence-corrected chi connectivity index (χ4v) is 6.38. The lowest BCUT2D eigenvalue weighted by molar-refractivity contribution is -0.386. The Kier molecular flexibility index (Phi) is 14.9. The number of carbonyl (C=O) groups is 1. The molecule has 0 amide bonds. The first-order valence-electron chi connectivity index (χ1n) is 17.6. The average molecular weight is 801 g/mol. The Morgan fingerprint density at radius 3 is 2.05 bits per heavy atom. The molecule has 20 nitrogen and oxygen atoms in total. The van der Waals surface area contributed by atoms with E-state index in [1.165, 1.54) is 56.5 Å². The molecule has 20 heteroatoms. The lowest BCUT2D eigenvalue weighted by Gasteiger charge is -2.48. The normalized spacial score (nSPS) is 36.4. The van der Waals surface area contributed by atoms with Gasteiger partial charge in [-0.25, -0.2) is 4.79 Å². The summed E-state index contributed by atoms with van der Waals surface area (Å²) in [7, 11) is 1.34. The van der Waals surface area contributed by atoms with Crippen molar-refractivity contribution in [1.82, 2.24) is 0 Å². The second kappa shape index (κ2) is 19.2. The number of rotatable bonds is 14. The van der Waals surface area contributed by atoms with Crippen LogP contribution in [0.3, 0.4) is 0 Å². The fourth-order valence-electron chi connectivity index (χ4n) is 6.38. The van der Waals surface area contributed by atoms with Crippen molar-refractivity contribution in [1.29, 1.82) is 0 Å². The summed E-state index contributed by atoms with van der Waals surface area (Å²) < 4.78 is 45.5. The quantitative estimate of drug-likeness (QED) is 0.0519.